The van der Waals surface area contributed by atoms with Gasteiger partial charge in [-0.05, 0) is 35.7 Å². The SMILES string of the molecule is CN(Cc1ccccc1)C(=O)C1CC(=O)N(CCc2c[nH]c3ccc(Cl)cc23)C1. The minimum atomic E-state index is -0.270. The summed E-state index contributed by atoms with van der Waals surface area (Å²) in [6.45, 7) is 1.64. The second kappa shape index (κ2) is 8.29. The summed E-state index contributed by atoms with van der Waals surface area (Å²) in [6, 6.07) is 15.7. The summed E-state index contributed by atoms with van der Waals surface area (Å²) in [4.78, 5) is 32.1. The highest BCUT2D eigenvalue weighted by Crippen LogP contribution is 2.25. The lowest BCUT2D eigenvalue weighted by Crippen LogP contribution is -2.34. The van der Waals surface area contributed by atoms with Gasteiger partial charge < -0.3 is 14.8 Å². The molecule has 4 rings (SSSR count). The molecule has 2 heterocycles. The predicted molar refractivity (Wildman–Crippen MR) is 115 cm³/mol. The minimum Gasteiger partial charge on any atom is -0.361 e. The van der Waals surface area contributed by atoms with Crippen molar-refractivity contribution in [2.24, 2.45) is 5.92 Å². The van der Waals surface area contributed by atoms with E-state index in [0.717, 1.165) is 28.5 Å². The Morgan fingerprint density at radius 2 is 2.03 bits per heavy atom. The second-order valence-corrected chi connectivity index (χ2v) is 8.11. The van der Waals surface area contributed by atoms with Gasteiger partial charge in [-0.1, -0.05) is 41.9 Å². The molecular formula is C23H24ClN3O2. The van der Waals surface area contributed by atoms with Crippen molar-refractivity contribution in [2.45, 2.75) is 19.4 Å². The van der Waals surface area contributed by atoms with Crippen LogP contribution in [0.2, 0.25) is 5.02 Å². The molecule has 1 saturated heterocycles. The van der Waals surface area contributed by atoms with Crippen molar-refractivity contribution in [3.8, 4) is 0 Å². The smallest absolute Gasteiger partial charge is 0.228 e. The zero-order valence-electron chi connectivity index (χ0n) is 16.4. The summed E-state index contributed by atoms with van der Waals surface area (Å²) < 4.78 is 0. The van der Waals surface area contributed by atoms with Crippen molar-refractivity contribution in [3.63, 3.8) is 0 Å². The van der Waals surface area contributed by atoms with Crippen LogP contribution in [0.5, 0.6) is 0 Å². The van der Waals surface area contributed by atoms with Gasteiger partial charge in [0, 0.05) is 55.2 Å². The summed E-state index contributed by atoms with van der Waals surface area (Å²) in [5.74, 6) is -0.188. The number of fused-ring (bicyclic) bond motifs is 1. The number of rotatable bonds is 6. The first-order chi connectivity index (χ1) is 14.0. The zero-order valence-corrected chi connectivity index (χ0v) is 17.2. The predicted octanol–water partition coefficient (Wildman–Crippen LogP) is 3.87. The van der Waals surface area contributed by atoms with Crippen LogP contribution in [0.3, 0.4) is 0 Å². The van der Waals surface area contributed by atoms with Crippen LogP contribution in [0.15, 0.2) is 54.7 Å². The Kier molecular flexibility index (Phi) is 5.58. The molecule has 3 aromatic rings. The van der Waals surface area contributed by atoms with Crippen molar-refractivity contribution in [2.75, 3.05) is 20.1 Å². The molecule has 0 radical (unpaired) electrons. The molecule has 29 heavy (non-hydrogen) atoms. The average Bonchev–Trinajstić information content (AvgIpc) is 3.29. The van der Waals surface area contributed by atoms with Crippen molar-refractivity contribution in [3.05, 3.63) is 70.9 Å². The topological polar surface area (TPSA) is 56.4 Å². The normalized spacial score (nSPS) is 16.6. The van der Waals surface area contributed by atoms with Gasteiger partial charge in [0.25, 0.3) is 0 Å². The number of nitrogens with zero attached hydrogens (tertiary/aromatic N) is 2. The quantitative estimate of drug-likeness (QED) is 0.671. The van der Waals surface area contributed by atoms with E-state index in [2.05, 4.69) is 4.98 Å². The zero-order chi connectivity index (χ0) is 20.4. The third-order valence-corrected chi connectivity index (χ3v) is 5.82. The third kappa shape index (κ3) is 4.30. The lowest BCUT2D eigenvalue weighted by Gasteiger charge is -2.21. The number of hydrogen-bond acceptors (Lipinski definition) is 2. The molecule has 2 amide bonds. The van der Waals surface area contributed by atoms with E-state index in [0.29, 0.717) is 24.7 Å². The number of amides is 2. The standard InChI is InChI=1S/C23H24ClN3O2/c1-26(14-16-5-3-2-4-6-16)23(29)18-11-22(28)27(15-18)10-9-17-13-25-21-8-7-19(24)12-20(17)21/h2-8,12-13,18,25H,9-11,14-15H2,1H3. The summed E-state index contributed by atoms with van der Waals surface area (Å²) in [6.07, 6.45) is 2.99. The molecule has 1 aromatic heterocycles. The Morgan fingerprint density at radius 3 is 2.83 bits per heavy atom. The minimum absolute atomic E-state index is 0.0311. The van der Waals surface area contributed by atoms with Crippen LogP contribution in [-0.2, 0) is 22.6 Å². The van der Waals surface area contributed by atoms with E-state index in [9.17, 15) is 9.59 Å². The van der Waals surface area contributed by atoms with Crippen LogP contribution in [0.4, 0.5) is 0 Å². The van der Waals surface area contributed by atoms with E-state index in [1.165, 1.54) is 0 Å². The third-order valence-electron chi connectivity index (χ3n) is 5.58. The van der Waals surface area contributed by atoms with Gasteiger partial charge in [0.2, 0.25) is 11.8 Å². The first kappa shape index (κ1) is 19.5. The highest BCUT2D eigenvalue weighted by atomic mass is 35.5. The molecule has 5 nitrogen and oxygen atoms in total. The van der Waals surface area contributed by atoms with Gasteiger partial charge in [-0.3, -0.25) is 9.59 Å². The first-order valence-corrected chi connectivity index (χ1v) is 10.2. The maximum absolute atomic E-state index is 12.8. The maximum atomic E-state index is 12.8. The van der Waals surface area contributed by atoms with Crippen molar-refractivity contribution < 1.29 is 9.59 Å². The van der Waals surface area contributed by atoms with E-state index in [1.54, 1.807) is 11.9 Å². The summed E-state index contributed by atoms with van der Waals surface area (Å²) in [5, 5.41) is 1.78. The Labute approximate surface area is 175 Å². The monoisotopic (exact) mass is 409 g/mol. The Balaban J connectivity index is 1.36. The molecule has 6 heteroatoms. The number of halogens is 1. The Morgan fingerprint density at radius 1 is 1.24 bits per heavy atom. The first-order valence-electron chi connectivity index (χ1n) is 9.83. The van der Waals surface area contributed by atoms with Crippen molar-refractivity contribution >= 4 is 34.3 Å². The fraction of sp³-hybridized carbons (Fsp3) is 0.304. The molecule has 1 unspecified atom stereocenters. The largest absolute Gasteiger partial charge is 0.361 e. The number of H-pyrrole nitrogens is 1. The van der Waals surface area contributed by atoms with Crippen LogP contribution in [0.1, 0.15) is 17.5 Å². The number of carbonyl (C=O) groups is 2. The molecular weight excluding hydrogens is 386 g/mol. The molecule has 0 aliphatic carbocycles. The fourth-order valence-corrected chi connectivity index (χ4v) is 4.19. The highest BCUT2D eigenvalue weighted by Gasteiger charge is 2.35. The van der Waals surface area contributed by atoms with Crippen LogP contribution in [0, 0.1) is 5.92 Å². The number of benzene rings is 2. The van der Waals surface area contributed by atoms with Crippen molar-refractivity contribution in [1.29, 1.82) is 0 Å². The number of hydrogen-bond donors (Lipinski definition) is 1. The van der Waals surface area contributed by atoms with E-state index < -0.39 is 0 Å². The van der Waals surface area contributed by atoms with Gasteiger partial charge in [-0.25, -0.2) is 0 Å². The van der Waals surface area contributed by atoms with E-state index in [1.807, 2.05) is 59.6 Å². The van der Waals surface area contributed by atoms with Crippen LogP contribution >= 0.6 is 11.6 Å². The molecule has 1 aliphatic rings. The molecule has 0 saturated carbocycles. The summed E-state index contributed by atoms with van der Waals surface area (Å²) in [7, 11) is 1.80. The number of aromatic nitrogens is 1. The van der Waals surface area contributed by atoms with Gasteiger partial charge in [0.15, 0.2) is 0 Å². The summed E-state index contributed by atoms with van der Waals surface area (Å²) >= 11 is 6.12. The molecule has 0 spiro atoms. The average molecular weight is 410 g/mol. The van der Waals surface area contributed by atoms with Gasteiger partial charge in [0.1, 0.15) is 0 Å². The fourth-order valence-electron chi connectivity index (χ4n) is 4.01. The number of carbonyl (C=O) groups excluding carboxylic acids is 2. The number of aromatic amines is 1. The maximum Gasteiger partial charge on any atom is 0.228 e. The molecule has 1 atom stereocenters. The molecule has 0 bridgehead atoms. The number of nitrogens with one attached hydrogen (secondary N) is 1. The van der Waals surface area contributed by atoms with E-state index in [4.69, 9.17) is 11.6 Å². The molecule has 1 fully saturated rings. The van der Waals surface area contributed by atoms with E-state index >= 15 is 0 Å². The van der Waals surface area contributed by atoms with Crippen LogP contribution in [0.25, 0.3) is 10.9 Å². The highest BCUT2D eigenvalue weighted by molar-refractivity contribution is 6.31. The van der Waals surface area contributed by atoms with Crippen LogP contribution in [-0.4, -0.2) is 46.7 Å². The van der Waals surface area contributed by atoms with Gasteiger partial charge >= 0.3 is 0 Å². The lowest BCUT2D eigenvalue weighted by atomic mass is 10.1. The van der Waals surface area contributed by atoms with Gasteiger partial charge in [-0.2, -0.15) is 0 Å². The number of likely N-dealkylation sites (tertiary alicyclic amines) is 1. The lowest BCUT2D eigenvalue weighted by molar-refractivity contribution is -0.135. The second-order valence-electron chi connectivity index (χ2n) is 7.67. The van der Waals surface area contributed by atoms with Crippen LogP contribution < -0.4 is 0 Å². The van der Waals surface area contributed by atoms with Crippen molar-refractivity contribution in [1.82, 2.24) is 14.8 Å². The van der Waals surface area contributed by atoms with E-state index in [-0.39, 0.29) is 24.2 Å². The molecule has 2 aromatic carbocycles. The Hall–Kier alpha value is -2.79. The Bertz CT molecular complexity index is 1030. The summed E-state index contributed by atoms with van der Waals surface area (Å²) in [5.41, 5.74) is 3.25. The molecule has 1 N–H and O–H groups in total. The molecule has 1 aliphatic heterocycles. The molecule has 150 valence electrons. The van der Waals surface area contributed by atoms with Gasteiger partial charge in [0.05, 0.1) is 5.92 Å². The van der Waals surface area contributed by atoms with Gasteiger partial charge in [-0.15, -0.1) is 0 Å².